The van der Waals surface area contributed by atoms with Gasteiger partial charge < -0.3 is 14.8 Å². The van der Waals surface area contributed by atoms with Crippen LogP contribution in [0.25, 0.3) is 6.08 Å². The van der Waals surface area contributed by atoms with Crippen LogP contribution in [-0.4, -0.2) is 53.1 Å². The Morgan fingerprint density at radius 3 is 2.64 bits per heavy atom. The van der Waals surface area contributed by atoms with Gasteiger partial charge in [-0.25, -0.2) is 4.79 Å². The zero-order valence-electron chi connectivity index (χ0n) is 19.1. The van der Waals surface area contributed by atoms with Crippen molar-refractivity contribution in [2.45, 2.75) is 13.3 Å². The second-order valence-electron chi connectivity index (χ2n) is 7.33. The zero-order chi connectivity index (χ0) is 26.4. The van der Waals surface area contributed by atoms with Crippen LogP contribution in [0.4, 0.5) is 16.2 Å². The van der Waals surface area contributed by atoms with E-state index in [0.717, 1.165) is 4.90 Å². The molecule has 0 radical (unpaired) electrons. The standard InChI is InChI=1S/C23H20ClN3O8S/c1-3-8-35-22(30)16-11-14(4-6-17(16)24)25-20(28)12-26-21(29)19(36-23(26)31)10-13-9-15(27(32)33)5-7-18(13)34-2/h4-7,9-11H,3,8,12H2,1-2H3,(H,25,28)/b19-10+. The van der Waals surface area contributed by atoms with E-state index in [0.29, 0.717) is 18.2 Å². The SMILES string of the molecule is CCCOC(=O)c1cc(NC(=O)CN2C(=O)S/C(=C/c3cc([N+](=O)[O-])ccc3OC)C2=O)ccc1Cl. The van der Waals surface area contributed by atoms with Crippen molar-refractivity contribution in [3.05, 3.63) is 67.6 Å². The smallest absolute Gasteiger partial charge is 0.339 e. The fraction of sp³-hybridized carbons (Fsp3) is 0.217. The number of nitro groups is 1. The van der Waals surface area contributed by atoms with Crippen molar-refractivity contribution in [3.63, 3.8) is 0 Å². The van der Waals surface area contributed by atoms with Crippen LogP contribution < -0.4 is 10.1 Å². The third kappa shape index (κ3) is 6.20. The molecule has 1 heterocycles. The van der Waals surface area contributed by atoms with Crippen LogP contribution in [0.15, 0.2) is 41.3 Å². The van der Waals surface area contributed by atoms with Gasteiger partial charge in [-0.2, -0.15) is 0 Å². The number of rotatable bonds is 9. The molecule has 0 spiro atoms. The second-order valence-corrected chi connectivity index (χ2v) is 8.73. The lowest BCUT2D eigenvalue weighted by Crippen LogP contribution is -2.36. The summed E-state index contributed by atoms with van der Waals surface area (Å²) in [5.41, 5.74) is 0.284. The van der Waals surface area contributed by atoms with Gasteiger partial charge in [0.05, 0.1) is 34.1 Å². The van der Waals surface area contributed by atoms with Gasteiger partial charge in [-0.1, -0.05) is 18.5 Å². The number of carbonyl (C=O) groups is 4. The van der Waals surface area contributed by atoms with Crippen molar-refractivity contribution in [1.29, 1.82) is 0 Å². The summed E-state index contributed by atoms with van der Waals surface area (Å²) in [7, 11) is 1.36. The molecule has 2 aromatic carbocycles. The minimum atomic E-state index is -0.742. The normalized spacial score (nSPS) is 14.2. The molecule has 0 atom stereocenters. The molecule has 188 valence electrons. The summed E-state index contributed by atoms with van der Waals surface area (Å²) in [6, 6.07) is 8.04. The summed E-state index contributed by atoms with van der Waals surface area (Å²) in [6.45, 7) is 1.46. The first-order valence-corrected chi connectivity index (χ1v) is 11.7. The number of ether oxygens (including phenoxy) is 2. The number of hydrogen-bond donors (Lipinski definition) is 1. The number of hydrogen-bond acceptors (Lipinski definition) is 9. The summed E-state index contributed by atoms with van der Waals surface area (Å²) < 4.78 is 10.2. The maximum absolute atomic E-state index is 12.8. The molecule has 0 bridgehead atoms. The lowest BCUT2D eigenvalue weighted by molar-refractivity contribution is -0.384. The number of carbonyl (C=O) groups excluding carboxylic acids is 4. The first-order valence-electron chi connectivity index (χ1n) is 10.5. The zero-order valence-corrected chi connectivity index (χ0v) is 20.7. The van der Waals surface area contributed by atoms with Gasteiger partial charge in [-0.05, 0) is 48.5 Å². The third-order valence-corrected chi connectivity index (χ3v) is 6.03. The number of nitrogens with one attached hydrogen (secondary N) is 1. The highest BCUT2D eigenvalue weighted by Crippen LogP contribution is 2.35. The largest absolute Gasteiger partial charge is 0.496 e. The van der Waals surface area contributed by atoms with E-state index in [1.165, 1.54) is 49.6 Å². The number of nitro benzene ring substituents is 1. The Bertz CT molecular complexity index is 1280. The number of anilines is 1. The first-order chi connectivity index (χ1) is 17.1. The van der Waals surface area contributed by atoms with Crippen molar-refractivity contribution < 1.29 is 33.6 Å². The average Bonchev–Trinajstić information content (AvgIpc) is 3.10. The maximum atomic E-state index is 12.8. The fourth-order valence-electron chi connectivity index (χ4n) is 3.10. The van der Waals surface area contributed by atoms with Crippen LogP contribution >= 0.6 is 23.4 Å². The highest BCUT2D eigenvalue weighted by molar-refractivity contribution is 8.18. The Morgan fingerprint density at radius 1 is 1.22 bits per heavy atom. The summed E-state index contributed by atoms with van der Waals surface area (Å²) in [5, 5.41) is 13.1. The predicted octanol–water partition coefficient (Wildman–Crippen LogP) is 4.50. The topological polar surface area (TPSA) is 145 Å². The van der Waals surface area contributed by atoms with E-state index in [1.54, 1.807) is 0 Å². The van der Waals surface area contributed by atoms with Gasteiger partial charge in [0.1, 0.15) is 12.3 Å². The van der Waals surface area contributed by atoms with Gasteiger partial charge in [0.15, 0.2) is 0 Å². The van der Waals surface area contributed by atoms with Crippen LogP contribution in [0, 0.1) is 10.1 Å². The molecule has 0 aliphatic carbocycles. The molecule has 0 unspecified atom stereocenters. The Morgan fingerprint density at radius 2 is 1.97 bits per heavy atom. The maximum Gasteiger partial charge on any atom is 0.339 e. The summed E-state index contributed by atoms with van der Waals surface area (Å²) >= 11 is 6.64. The van der Waals surface area contributed by atoms with Gasteiger partial charge in [0, 0.05) is 23.4 Å². The molecular weight excluding hydrogens is 514 g/mol. The van der Waals surface area contributed by atoms with E-state index in [-0.39, 0.29) is 44.8 Å². The Balaban J connectivity index is 1.74. The van der Waals surface area contributed by atoms with Crippen LogP contribution in [0.3, 0.4) is 0 Å². The minimum absolute atomic E-state index is 0.0287. The molecule has 36 heavy (non-hydrogen) atoms. The lowest BCUT2D eigenvalue weighted by atomic mass is 10.1. The van der Waals surface area contributed by atoms with E-state index < -0.39 is 34.5 Å². The first kappa shape index (κ1) is 26.7. The van der Waals surface area contributed by atoms with Gasteiger partial charge >= 0.3 is 5.97 Å². The molecule has 0 aromatic heterocycles. The number of thioether (sulfide) groups is 1. The lowest BCUT2D eigenvalue weighted by Gasteiger charge is -2.13. The summed E-state index contributed by atoms with van der Waals surface area (Å²) in [4.78, 5) is 61.1. The van der Waals surface area contributed by atoms with Crippen molar-refractivity contribution in [1.82, 2.24) is 4.90 Å². The number of non-ortho nitro benzene ring substituents is 1. The Hall–Kier alpha value is -3.90. The van der Waals surface area contributed by atoms with Crippen molar-refractivity contribution in [3.8, 4) is 5.75 Å². The van der Waals surface area contributed by atoms with Gasteiger partial charge in [0.25, 0.3) is 16.8 Å². The van der Waals surface area contributed by atoms with Crippen LogP contribution in [0.5, 0.6) is 5.75 Å². The van der Waals surface area contributed by atoms with Crippen LogP contribution in [0.1, 0.15) is 29.3 Å². The predicted molar refractivity (Wildman–Crippen MR) is 133 cm³/mol. The molecule has 13 heteroatoms. The summed E-state index contributed by atoms with van der Waals surface area (Å²) in [6.07, 6.45) is 1.92. The molecule has 1 aliphatic rings. The van der Waals surface area contributed by atoms with E-state index in [4.69, 9.17) is 21.1 Å². The fourth-order valence-corrected chi connectivity index (χ4v) is 4.13. The number of nitrogens with zero attached hydrogens (tertiary/aromatic N) is 2. The van der Waals surface area contributed by atoms with Gasteiger partial charge in [-0.3, -0.25) is 29.4 Å². The number of esters is 1. The minimum Gasteiger partial charge on any atom is -0.496 e. The van der Waals surface area contributed by atoms with Crippen LogP contribution in [-0.2, 0) is 14.3 Å². The molecule has 2 aromatic rings. The molecule has 1 aliphatic heterocycles. The molecule has 11 nitrogen and oxygen atoms in total. The molecule has 0 saturated carbocycles. The van der Waals surface area contributed by atoms with E-state index in [2.05, 4.69) is 5.32 Å². The third-order valence-electron chi connectivity index (χ3n) is 4.79. The summed E-state index contributed by atoms with van der Waals surface area (Å²) in [5.74, 6) is -1.82. The monoisotopic (exact) mass is 533 g/mol. The molecule has 1 saturated heterocycles. The van der Waals surface area contributed by atoms with Crippen molar-refractivity contribution >= 4 is 63.8 Å². The van der Waals surface area contributed by atoms with E-state index in [9.17, 15) is 29.3 Å². The number of methoxy groups -OCH3 is 1. The molecule has 3 amide bonds. The van der Waals surface area contributed by atoms with E-state index >= 15 is 0 Å². The number of benzene rings is 2. The van der Waals surface area contributed by atoms with Gasteiger partial charge in [-0.15, -0.1) is 0 Å². The number of halogens is 1. The number of imide groups is 1. The molecule has 1 N–H and O–H groups in total. The molecular formula is C23H20ClN3O8S. The Labute approximate surface area is 214 Å². The average molecular weight is 534 g/mol. The number of amides is 3. The van der Waals surface area contributed by atoms with E-state index in [1.807, 2.05) is 6.92 Å². The van der Waals surface area contributed by atoms with Gasteiger partial charge in [0.2, 0.25) is 5.91 Å². The molecule has 1 fully saturated rings. The van der Waals surface area contributed by atoms with Crippen molar-refractivity contribution in [2.24, 2.45) is 0 Å². The van der Waals surface area contributed by atoms with Crippen LogP contribution in [0.2, 0.25) is 5.02 Å². The highest BCUT2D eigenvalue weighted by atomic mass is 35.5. The molecule has 3 rings (SSSR count). The Kier molecular flexibility index (Phi) is 8.67. The van der Waals surface area contributed by atoms with Crippen molar-refractivity contribution in [2.75, 3.05) is 25.6 Å². The highest BCUT2D eigenvalue weighted by Gasteiger charge is 2.36. The quantitative estimate of drug-likeness (QED) is 0.213. The second kappa shape index (κ2) is 11.7.